The van der Waals surface area contributed by atoms with E-state index >= 15 is 0 Å². The average molecular weight is 216 g/mol. The molecule has 0 saturated heterocycles. The van der Waals surface area contributed by atoms with Crippen LogP contribution in [0, 0.1) is 0 Å². The third kappa shape index (κ3) is 4.67. The zero-order valence-corrected chi connectivity index (χ0v) is 6.25. The molecule has 0 atom stereocenters. The van der Waals surface area contributed by atoms with Gasteiger partial charge in [0.2, 0.25) is 0 Å². The molecule has 0 aromatic carbocycles. The minimum absolute atomic E-state index is 0.313. The summed E-state index contributed by atoms with van der Waals surface area (Å²) < 4.78 is 29.9. The van der Waals surface area contributed by atoms with Gasteiger partial charge < -0.3 is 0 Å². The summed E-state index contributed by atoms with van der Waals surface area (Å²) in [4.78, 5) is 0. The second-order valence-electron chi connectivity index (χ2n) is 0.511. The third-order valence-electron chi connectivity index (χ3n) is 0.105. The van der Waals surface area contributed by atoms with E-state index in [-0.39, 0.29) is 0 Å². The van der Waals surface area contributed by atoms with Gasteiger partial charge in [-0.2, -0.15) is 0 Å². The van der Waals surface area contributed by atoms with Crippen molar-refractivity contribution in [2.45, 2.75) is 0 Å². The van der Waals surface area contributed by atoms with Crippen molar-refractivity contribution in [3.05, 3.63) is 0 Å². The topological polar surface area (TPSA) is 63.6 Å². The Morgan fingerprint density at radius 2 is 1.83 bits per heavy atom. The fourth-order valence-electron chi connectivity index (χ4n) is 0. The van der Waals surface area contributed by atoms with E-state index in [0.29, 0.717) is 22.9 Å². The van der Waals surface area contributed by atoms with Crippen LogP contribution < -0.4 is 0 Å². The number of rotatable bonds is 1. The van der Waals surface area contributed by atoms with Crippen LogP contribution in [-0.2, 0) is 12.9 Å². The van der Waals surface area contributed by atoms with E-state index < -0.39 is 10.4 Å². The van der Waals surface area contributed by atoms with E-state index in [1.54, 1.807) is 0 Å². The van der Waals surface area contributed by atoms with Crippen LogP contribution in [0.4, 0.5) is 0 Å². The van der Waals surface area contributed by atoms with E-state index in [0.717, 1.165) is 0 Å². The molecule has 0 spiro atoms. The molecule has 0 aliphatic heterocycles. The van der Waals surface area contributed by atoms with E-state index in [1.807, 2.05) is 0 Å². The van der Waals surface area contributed by atoms with Crippen LogP contribution in [-0.4, -0.2) is 35.9 Å². The predicted molar refractivity (Wildman–Crippen MR) is 18.4 cm³/mol. The van der Waals surface area contributed by atoms with E-state index in [2.05, 4.69) is 2.52 Å². The summed E-state index contributed by atoms with van der Waals surface area (Å²) in [5.41, 5.74) is 0. The van der Waals surface area contributed by atoms with E-state index in [9.17, 15) is 8.42 Å². The molecule has 0 aliphatic rings. The van der Waals surface area contributed by atoms with Crippen molar-refractivity contribution in [3.8, 4) is 0 Å². The zero-order valence-electron chi connectivity index (χ0n) is 2.58. The van der Waals surface area contributed by atoms with Crippen molar-refractivity contribution in [2.75, 3.05) is 0 Å². The first-order chi connectivity index (χ1) is 2.56. The Hall–Kier alpha value is 0.669. The maximum atomic E-state index is 9.36. The second-order valence-corrected chi connectivity index (χ2v) is 2.96. The van der Waals surface area contributed by atoms with Crippen LogP contribution in [0.5, 0.6) is 0 Å². The Morgan fingerprint density at radius 3 is 1.83 bits per heavy atom. The Kier molecular flexibility index (Phi) is 2.34. The Bertz CT molecular complexity index is 110. The van der Waals surface area contributed by atoms with E-state index in [1.165, 1.54) is 0 Å². The molecular weight excluding hydrogens is 215 g/mol. The Balaban J connectivity index is 3.85. The van der Waals surface area contributed by atoms with Gasteiger partial charge in [-0.15, -0.1) is 0 Å². The van der Waals surface area contributed by atoms with Crippen molar-refractivity contribution < 1.29 is 15.5 Å². The number of hydrogen-bond donors (Lipinski definition) is 1. The standard InChI is InChI=1S/H2O4S.Sn/c1-5(2,3)4;/h(H2,1,2,3,4);/q;+1/p-1. The van der Waals surface area contributed by atoms with E-state index in [4.69, 9.17) is 4.55 Å². The van der Waals surface area contributed by atoms with Gasteiger partial charge in [0.25, 0.3) is 0 Å². The van der Waals surface area contributed by atoms with Crippen molar-refractivity contribution in [3.63, 3.8) is 0 Å². The molecule has 0 amide bonds. The summed E-state index contributed by atoms with van der Waals surface area (Å²) in [7, 11) is -4.12. The van der Waals surface area contributed by atoms with Gasteiger partial charge in [-0.1, -0.05) is 0 Å². The zero-order chi connectivity index (χ0) is 5.21. The average Bonchev–Trinajstić information content (AvgIpc) is 1.35. The van der Waals surface area contributed by atoms with Gasteiger partial charge in [0.1, 0.15) is 0 Å². The second kappa shape index (κ2) is 2.10. The molecule has 6 heavy (non-hydrogen) atoms. The fourth-order valence-corrected chi connectivity index (χ4v) is 0. The van der Waals surface area contributed by atoms with Gasteiger partial charge in [0.15, 0.2) is 0 Å². The first-order valence-electron chi connectivity index (χ1n) is 0.887. The molecule has 4 nitrogen and oxygen atoms in total. The minimum atomic E-state index is -4.12. The van der Waals surface area contributed by atoms with Gasteiger partial charge in [-0.25, -0.2) is 0 Å². The Labute approximate surface area is 49.1 Å². The molecule has 3 radical (unpaired) electrons. The van der Waals surface area contributed by atoms with Crippen LogP contribution >= 0.6 is 0 Å². The predicted octanol–water partition coefficient (Wildman–Crippen LogP) is -1.11. The summed E-state index contributed by atoms with van der Waals surface area (Å²) in [6.07, 6.45) is 0. The van der Waals surface area contributed by atoms with Crippen molar-refractivity contribution >= 4 is 33.3 Å². The molecule has 0 aliphatic carbocycles. The molecule has 6 heteroatoms. The number of hydrogen-bond acceptors (Lipinski definition) is 3. The summed E-state index contributed by atoms with van der Waals surface area (Å²) >= 11 is 0.313. The molecule has 0 unspecified atom stereocenters. The summed E-state index contributed by atoms with van der Waals surface area (Å²) in [5, 5.41) is 0. The molecule has 35 valence electrons. The monoisotopic (exact) mass is 217 g/mol. The van der Waals surface area contributed by atoms with Crippen molar-refractivity contribution in [1.82, 2.24) is 0 Å². The molecule has 0 heterocycles. The van der Waals surface area contributed by atoms with Crippen LogP contribution in [0.15, 0.2) is 0 Å². The van der Waals surface area contributed by atoms with Crippen LogP contribution in [0.25, 0.3) is 0 Å². The van der Waals surface area contributed by atoms with Crippen molar-refractivity contribution in [2.24, 2.45) is 0 Å². The van der Waals surface area contributed by atoms with Gasteiger partial charge >= 0.3 is 48.8 Å². The normalized spacial score (nSPS) is 11.7. The van der Waals surface area contributed by atoms with Crippen LogP contribution in [0.1, 0.15) is 0 Å². The van der Waals surface area contributed by atoms with Gasteiger partial charge in [-0.3, -0.25) is 0 Å². The SMILES string of the molecule is O=S(=O)(O)[O][Sn]. The maximum absolute atomic E-state index is 9.36. The molecule has 0 saturated carbocycles. The van der Waals surface area contributed by atoms with Crippen LogP contribution in [0.3, 0.4) is 0 Å². The third-order valence-corrected chi connectivity index (χ3v) is 2.12. The quantitative estimate of drug-likeness (QED) is 0.445. The van der Waals surface area contributed by atoms with Gasteiger partial charge in [0.05, 0.1) is 0 Å². The summed E-state index contributed by atoms with van der Waals surface area (Å²) in [5.74, 6) is 0. The van der Waals surface area contributed by atoms with Gasteiger partial charge in [0, 0.05) is 0 Å². The molecule has 1 N–H and O–H groups in total. The van der Waals surface area contributed by atoms with Crippen LogP contribution in [0.2, 0.25) is 0 Å². The molecule has 0 bridgehead atoms. The first-order valence-corrected chi connectivity index (χ1v) is 3.42. The molecule has 0 rings (SSSR count). The summed E-state index contributed by atoms with van der Waals surface area (Å²) in [6, 6.07) is 0. The molecule has 0 aromatic heterocycles. The van der Waals surface area contributed by atoms with Gasteiger partial charge in [-0.05, 0) is 0 Å². The summed E-state index contributed by atoms with van der Waals surface area (Å²) in [6.45, 7) is 0. The molecular formula is HO4SSn. The van der Waals surface area contributed by atoms with Crippen molar-refractivity contribution in [1.29, 1.82) is 0 Å². The molecule has 0 aromatic rings. The molecule has 0 fully saturated rings. The Morgan fingerprint density at radius 1 is 1.67 bits per heavy atom. The first kappa shape index (κ1) is 6.67. The fraction of sp³-hybridized carbons (Fsp3) is 0.